The molecule has 9 heteroatoms. The molecule has 1 N–H and O–H groups in total. The van der Waals surface area contributed by atoms with Crippen LogP contribution in [0.5, 0.6) is 0 Å². The zero-order valence-electron chi connectivity index (χ0n) is 13.6. The summed E-state index contributed by atoms with van der Waals surface area (Å²) in [5.41, 5.74) is 0.0790. The number of piperidine rings is 1. The summed E-state index contributed by atoms with van der Waals surface area (Å²) in [5.74, 6) is 0.0885. The molecular formula is C15H21F3N6. The fraction of sp³-hybridized carbons (Fsp3) is 0.667. The third-order valence-corrected chi connectivity index (χ3v) is 4.35. The maximum Gasteiger partial charge on any atom is 0.453 e. The van der Waals surface area contributed by atoms with Crippen LogP contribution in [0, 0.1) is 5.92 Å². The van der Waals surface area contributed by atoms with Crippen LogP contribution < -0.4 is 5.32 Å². The zero-order chi connectivity index (χ0) is 17.2. The molecule has 0 aliphatic carbocycles. The number of likely N-dealkylation sites (tertiary alicyclic amines) is 1. The van der Waals surface area contributed by atoms with Crippen molar-refractivity contribution >= 4 is 11.5 Å². The van der Waals surface area contributed by atoms with Crippen molar-refractivity contribution < 1.29 is 13.2 Å². The van der Waals surface area contributed by atoms with Crippen LogP contribution in [0.25, 0.3) is 5.65 Å². The van der Waals surface area contributed by atoms with Crippen molar-refractivity contribution in [2.75, 3.05) is 31.5 Å². The van der Waals surface area contributed by atoms with Crippen molar-refractivity contribution in [3.05, 3.63) is 18.0 Å². The number of fused-ring (bicyclic) bond motifs is 1. The highest BCUT2D eigenvalue weighted by Gasteiger charge is 2.37. The highest BCUT2D eigenvalue weighted by atomic mass is 19.4. The Hall–Kier alpha value is -1.90. The number of anilines is 1. The molecule has 1 fully saturated rings. The van der Waals surface area contributed by atoms with E-state index < -0.39 is 12.0 Å². The number of nitrogens with one attached hydrogen (secondary N) is 1. The molecular weight excluding hydrogens is 321 g/mol. The molecule has 0 radical (unpaired) electrons. The van der Waals surface area contributed by atoms with Gasteiger partial charge in [0.25, 0.3) is 5.82 Å². The standard InChI is InChI=1S/C15H21F3N6/c1-11-5-9-23(10-6-11)8-2-7-19-12-3-4-13-20-21-14(15(16,17)18)24(13)22-12/h3-4,11H,2,5-10H2,1H3,(H,19,22). The highest BCUT2D eigenvalue weighted by molar-refractivity contribution is 5.44. The Balaban J connectivity index is 1.54. The summed E-state index contributed by atoms with van der Waals surface area (Å²) >= 11 is 0. The lowest BCUT2D eigenvalue weighted by Crippen LogP contribution is -2.34. The summed E-state index contributed by atoms with van der Waals surface area (Å²) in [5, 5.41) is 13.7. The van der Waals surface area contributed by atoms with E-state index >= 15 is 0 Å². The molecule has 3 rings (SSSR count). The Labute approximate surface area is 138 Å². The largest absolute Gasteiger partial charge is 0.453 e. The van der Waals surface area contributed by atoms with E-state index in [0.29, 0.717) is 12.4 Å². The molecule has 24 heavy (non-hydrogen) atoms. The summed E-state index contributed by atoms with van der Waals surface area (Å²) < 4.78 is 39.2. The van der Waals surface area contributed by atoms with Crippen LogP contribution in [-0.2, 0) is 6.18 Å². The molecule has 0 bridgehead atoms. The number of alkyl halides is 3. The smallest absolute Gasteiger partial charge is 0.369 e. The van der Waals surface area contributed by atoms with Crippen LogP contribution >= 0.6 is 0 Å². The lowest BCUT2D eigenvalue weighted by molar-refractivity contribution is -0.146. The molecule has 1 aliphatic rings. The summed E-state index contributed by atoms with van der Waals surface area (Å²) in [7, 11) is 0. The van der Waals surface area contributed by atoms with Gasteiger partial charge in [0, 0.05) is 6.54 Å². The lowest BCUT2D eigenvalue weighted by Gasteiger charge is -2.30. The number of hydrogen-bond acceptors (Lipinski definition) is 5. The van der Waals surface area contributed by atoms with Crippen LogP contribution in [0.2, 0.25) is 0 Å². The fourth-order valence-electron chi connectivity index (χ4n) is 2.86. The molecule has 0 saturated carbocycles. The fourth-order valence-corrected chi connectivity index (χ4v) is 2.86. The molecule has 0 aromatic carbocycles. The molecule has 1 aliphatic heterocycles. The number of aromatic nitrogens is 4. The van der Waals surface area contributed by atoms with Crippen LogP contribution in [0.4, 0.5) is 19.0 Å². The Morgan fingerprint density at radius 1 is 1.21 bits per heavy atom. The van der Waals surface area contributed by atoms with Gasteiger partial charge in [-0.25, -0.2) is 0 Å². The number of rotatable bonds is 5. The Morgan fingerprint density at radius 3 is 2.67 bits per heavy atom. The van der Waals surface area contributed by atoms with Gasteiger partial charge in [-0.1, -0.05) is 6.92 Å². The van der Waals surface area contributed by atoms with Crippen LogP contribution in [-0.4, -0.2) is 50.9 Å². The average Bonchev–Trinajstić information content (AvgIpc) is 2.96. The molecule has 0 amide bonds. The number of hydrogen-bond donors (Lipinski definition) is 1. The van der Waals surface area contributed by atoms with Crippen molar-refractivity contribution in [3.63, 3.8) is 0 Å². The van der Waals surface area contributed by atoms with Gasteiger partial charge in [0.1, 0.15) is 5.82 Å². The monoisotopic (exact) mass is 342 g/mol. The van der Waals surface area contributed by atoms with E-state index in [4.69, 9.17) is 0 Å². The third-order valence-electron chi connectivity index (χ3n) is 4.35. The van der Waals surface area contributed by atoms with Gasteiger partial charge < -0.3 is 10.2 Å². The summed E-state index contributed by atoms with van der Waals surface area (Å²) in [6, 6.07) is 3.09. The summed E-state index contributed by atoms with van der Waals surface area (Å²) in [6.45, 7) is 6.18. The molecule has 3 heterocycles. The first-order valence-corrected chi connectivity index (χ1v) is 8.19. The van der Waals surface area contributed by atoms with Gasteiger partial charge in [-0.2, -0.15) is 17.7 Å². The SMILES string of the molecule is CC1CCN(CCCNc2ccc3nnc(C(F)(F)F)n3n2)CC1. The second-order valence-electron chi connectivity index (χ2n) is 6.31. The maximum atomic E-state index is 12.8. The minimum absolute atomic E-state index is 0.0790. The van der Waals surface area contributed by atoms with Crippen LogP contribution in [0.3, 0.4) is 0 Å². The van der Waals surface area contributed by atoms with E-state index in [1.807, 2.05) is 0 Å². The molecule has 6 nitrogen and oxygen atoms in total. The Bertz CT molecular complexity index is 675. The minimum Gasteiger partial charge on any atom is -0.369 e. The van der Waals surface area contributed by atoms with Crippen molar-refractivity contribution in [3.8, 4) is 0 Å². The summed E-state index contributed by atoms with van der Waals surface area (Å²) in [6.07, 6.45) is -1.18. The molecule has 0 spiro atoms. The second-order valence-corrected chi connectivity index (χ2v) is 6.31. The maximum absolute atomic E-state index is 12.8. The van der Waals surface area contributed by atoms with Crippen molar-refractivity contribution in [2.24, 2.45) is 5.92 Å². The van der Waals surface area contributed by atoms with Crippen molar-refractivity contribution in [1.82, 2.24) is 24.7 Å². The third kappa shape index (κ3) is 3.95. The van der Waals surface area contributed by atoms with E-state index in [-0.39, 0.29) is 5.65 Å². The first kappa shape index (κ1) is 16.9. The topological polar surface area (TPSA) is 58.3 Å². The van der Waals surface area contributed by atoms with Crippen molar-refractivity contribution in [1.29, 1.82) is 0 Å². The van der Waals surface area contributed by atoms with Gasteiger partial charge in [0.2, 0.25) is 0 Å². The Kier molecular flexibility index (Phi) is 4.88. The van der Waals surface area contributed by atoms with Gasteiger partial charge in [-0.15, -0.1) is 15.3 Å². The molecule has 0 unspecified atom stereocenters. The van der Waals surface area contributed by atoms with Gasteiger partial charge in [0.15, 0.2) is 5.65 Å². The number of halogens is 3. The van der Waals surface area contributed by atoms with E-state index in [1.165, 1.54) is 18.9 Å². The minimum atomic E-state index is -4.57. The molecule has 0 atom stereocenters. The van der Waals surface area contributed by atoms with E-state index in [0.717, 1.165) is 36.5 Å². The second kappa shape index (κ2) is 6.92. The van der Waals surface area contributed by atoms with E-state index in [9.17, 15) is 13.2 Å². The van der Waals surface area contributed by atoms with Crippen LogP contribution in [0.1, 0.15) is 32.0 Å². The van der Waals surface area contributed by atoms with E-state index in [2.05, 4.69) is 32.4 Å². The van der Waals surface area contributed by atoms with Gasteiger partial charge in [-0.3, -0.25) is 0 Å². The van der Waals surface area contributed by atoms with E-state index in [1.54, 1.807) is 6.07 Å². The summed E-state index contributed by atoms with van der Waals surface area (Å²) in [4.78, 5) is 2.43. The predicted molar refractivity (Wildman–Crippen MR) is 83.7 cm³/mol. The van der Waals surface area contributed by atoms with Gasteiger partial charge in [-0.05, 0) is 56.9 Å². The van der Waals surface area contributed by atoms with Crippen molar-refractivity contribution in [2.45, 2.75) is 32.4 Å². The van der Waals surface area contributed by atoms with Crippen LogP contribution in [0.15, 0.2) is 12.1 Å². The lowest BCUT2D eigenvalue weighted by atomic mass is 9.99. The predicted octanol–water partition coefficient (Wildman–Crippen LogP) is 2.68. The normalized spacial score (nSPS) is 17.5. The van der Waals surface area contributed by atoms with Gasteiger partial charge >= 0.3 is 6.18 Å². The molecule has 2 aromatic rings. The molecule has 132 valence electrons. The molecule has 2 aromatic heterocycles. The van der Waals surface area contributed by atoms with Gasteiger partial charge in [0.05, 0.1) is 0 Å². The number of nitrogens with zero attached hydrogens (tertiary/aromatic N) is 5. The Morgan fingerprint density at radius 2 is 1.96 bits per heavy atom. The zero-order valence-corrected chi connectivity index (χ0v) is 13.6. The molecule has 1 saturated heterocycles. The first-order valence-electron chi connectivity index (χ1n) is 8.19. The quantitative estimate of drug-likeness (QED) is 0.847. The highest BCUT2D eigenvalue weighted by Crippen LogP contribution is 2.27. The first-order chi connectivity index (χ1) is 11.4. The average molecular weight is 342 g/mol.